The molecule has 0 saturated carbocycles. The Morgan fingerprint density at radius 1 is 1.00 bits per heavy atom. The molecule has 0 heterocycles. The van der Waals surface area contributed by atoms with Crippen LogP contribution in [0.4, 0.5) is 5.69 Å². The molecule has 3 N–H and O–H groups in total. The molecule has 0 aliphatic rings. The summed E-state index contributed by atoms with van der Waals surface area (Å²) in [4.78, 5) is 21.5. The second kappa shape index (κ2) is 7.08. The molecule has 2 aromatic carbocycles. The van der Waals surface area contributed by atoms with Crippen molar-refractivity contribution in [3.8, 4) is 0 Å². The van der Waals surface area contributed by atoms with Gasteiger partial charge in [-0.1, -0.05) is 42.5 Å². The summed E-state index contributed by atoms with van der Waals surface area (Å²) in [5.41, 5.74) is 2.23. The number of carboxylic acids is 1. The minimum Gasteiger partial charge on any atom is -0.507 e. The zero-order valence-electron chi connectivity index (χ0n) is 11.7. The van der Waals surface area contributed by atoms with Gasteiger partial charge in [-0.05, 0) is 17.7 Å². The van der Waals surface area contributed by atoms with E-state index in [9.17, 15) is 14.7 Å². The van der Waals surface area contributed by atoms with Crippen LogP contribution in [0, 0.1) is 0 Å². The van der Waals surface area contributed by atoms with Crippen LogP contribution in [0.2, 0.25) is 0 Å². The number of aliphatic carboxylic acids is 1. The lowest BCUT2D eigenvalue weighted by Gasteiger charge is -2.08. The van der Waals surface area contributed by atoms with E-state index in [0.29, 0.717) is 18.2 Å². The van der Waals surface area contributed by atoms with Crippen LogP contribution in [-0.4, -0.2) is 22.0 Å². The van der Waals surface area contributed by atoms with Crippen LogP contribution in [-0.2, 0) is 16.1 Å². The van der Waals surface area contributed by atoms with Gasteiger partial charge in [-0.2, -0.15) is 0 Å². The molecule has 2 aromatic rings. The van der Waals surface area contributed by atoms with E-state index < -0.39 is 11.8 Å². The van der Waals surface area contributed by atoms with E-state index >= 15 is 0 Å². The lowest BCUT2D eigenvalue weighted by molar-refractivity contribution is -0.146. The minimum atomic E-state index is -1.61. The van der Waals surface area contributed by atoms with Gasteiger partial charge in [0.05, 0.1) is 0 Å². The van der Waals surface area contributed by atoms with Crippen LogP contribution in [0.3, 0.4) is 0 Å². The van der Waals surface area contributed by atoms with Crippen molar-refractivity contribution < 1.29 is 19.8 Å². The molecule has 0 bridgehead atoms. The first-order valence-electron chi connectivity index (χ1n) is 6.62. The van der Waals surface area contributed by atoms with Crippen LogP contribution < -0.4 is 5.32 Å². The SMILES string of the molecule is O=C(O)C(=O)/C=C(\O)c1cccc(NCc2ccccc2)c1. The first-order chi connectivity index (χ1) is 10.6. The molecule has 0 fully saturated rings. The number of benzene rings is 2. The average molecular weight is 297 g/mol. The highest BCUT2D eigenvalue weighted by Crippen LogP contribution is 2.17. The Morgan fingerprint density at radius 2 is 1.73 bits per heavy atom. The van der Waals surface area contributed by atoms with Crippen molar-refractivity contribution in [3.05, 3.63) is 71.8 Å². The number of carbonyl (C=O) groups is 2. The van der Waals surface area contributed by atoms with Crippen LogP contribution in [0.15, 0.2) is 60.7 Å². The summed E-state index contributed by atoms with van der Waals surface area (Å²) in [5, 5.41) is 21.5. The van der Waals surface area contributed by atoms with E-state index in [-0.39, 0.29) is 5.76 Å². The smallest absolute Gasteiger partial charge is 0.376 e. The number of ketones is 1. The maximum atomic E-state index is 11.1. The lowest BCUT2D eigenvalue weighted by Crippen LogP contribution is -2.09. The monoisotopic (exact) mass is 297 g/mol. The second-order valence-electron chi connectivity index (χ2n) is 4.62. The summed E-state index contributed by atoms with van der Waals surface area (Å²) in [6.07, 6.45) is 0.693. The van der Waals surface area contributed by atoms with Gasteiger partial charge >= 0.3 is 5.97 Å². The molecule has 0 unspecified atom stereocenters. The summed E-state index contributed by atoms with van der Waals surface area (Å²) in [7, 11) is 0. The summed E-state index contributed by atoms with van der Waals surface area (Å²) >= 11 is 0. The Bertz CT molecular complexity index is 708. The summed E-state index contributed by atoms with van der Waals surface area (Å²) in [6.45, 7) is 0.614. The predicted octanol–water partition coefficient (Wildman–Crippen LogP) is 2.85. The Hall–Kier alpha value is -3.08. The van der Waals surface area contributed by atoms with E-state index in [0.717, 1.165) is 11.3 Å². The van der Waals surface area contributed by atoms with E-state index in [1.807, 2.05) is 36.4 Å². The number of anilines is 1. The summed E-state index contributed by atoms with van der Waals surface area (Å²) in [6, 6.07) is 16.6. The van der Waals surface area contributed by atoms with Crippen molar-refractivity contribution in [2.24, 2.45) is 0 Å². The molecule has 0 radical (unpaired) electrons. The maximum absolute atomic E-state index is 11.1. The van der Waals surface area contributed by atoms with Gasteiger partial charge in [0.15, 0.2) is 0 Å². The summed E-state index contributed by atoms with van der Waals surface area (Å²) in [5.74, 6) is -3.15. The fraction of sp³-hybridized carbons (Fsp3) is 0.0588. The number of aliphatic hydroxyl groups excluding tert-OH is 1. The van der Waals surface area contributed by atoms with Crippen LogP contribution in [0.1, 0.15) is 11.1 Å². The highest BCUT2D eigenvalue weighted by atomic mass is 16.4. The molecule has 0 aliphatic heterocycles. The van der Waals surface area contributed by atoms with Crippen molar-refractivity contribution >= 4 is 23.2 Å². The first-order valence-corrected chi connectivity index (χ1v) is 6.62. The van der Waals surface area contributed by atoms with Crippen molar-refractivity contribution in [2.45, 2.75) is 6.54 Å². The van der Waals surface area contributed by atoms with Gasteiger partial charge in [0.1, 0.15) is 5.76 Å². The molecule has 22 heavy (non-hydrogen) atoms. The van der Waals surface area contributed by atoms with E-state index in [1.54, 1.807) is 18.2 Å². The Balaban J connectivity index is 2.10. The number of hydrogen-bond acceptors (Lipinski definition) is 4. The Labute approximate surface area is 127 Å². The van der Waals surface area contributed by atoms with E-state index in [2.05, 4.69) is 5.32 Å². The fourth-order valence-corrected chi connectivity index (χ4v) is 1.86. The third-order valence-electron chi connectivity index (χ3n) is 2.98. The van der Waals surface area contributed by atoms with Gasteiger partial charge in [-0.15, -0.1) is 0 Å². The fourth-order valence-electron chi connectivity index (χ4n) is 1.86. The number of rotatable bonds is 6. The largest absolute Gasteiger partial charge is 0.507 e. The molecule has 0 amide bonds. The maximum Gasteiger partial charge on any atom is 0.376 e. The van der Waals surface area contributed by atoms with Crippen LogP contribution >= 0.6 is 0 Å². The highest BCUT2D eigenvalue weighted by Gasteiger charge is 2.10. The zero-order valence-corrected chi connectivity index (χ0v) is 11.7. The van der Waals surface area contributed by atoms with E-state index in [1.165, 1.54) is 0 Å². The van der Waals surface area contributed by atoms with Gasteiger partial charge in [0.2, 0.25) is 0 Å². The Morgan fingerprint density at radius 3 is 2.41 bits per heavy atom. The van der Waals surface area contributed by atoms with E-state index in [4.69, 9.17) is 5.11 Å². The molecule has 112 valence electrons. The average Bonchev–Trinajstić information content (AvgIpc) is 2.54. The van der Waals surface area contributed by atoms with Crippen LogP contribution in [0.5, 0.6) is 0 Å². The topological polar surface area (TPSA) is 86.6 Å². The standard InChI is InChI=1S/C17H15NO4/c19-15(10-16(20)17(21)22)13-7-4-8-14(9-13)18-11-12-5-2-1-3-6-12/h1-10,18-19H,11H2,(H,21,22)/b15-10-. The molecule has 5 heteroatoms. The van der Waals surface area contributed by atoms with Gasteiger partial charge in [-0.3, -0.25) is 4.79 Å². The van der Waals surface area contributed by atoms with Crippen molar-refractivity contribution in [3.63, 3.8) is 0 Å². The molecule has 0 spiro atoms. The van der Waals surface area contributed by atoms with Crippen molar-refractivity contribution in [1.82, 2.24) is 0 Å². The first kappa shape index (κ1) is 15.3. The molecule has 0 saturated heterocycles. The normalized spacial score (nSPS) is 11.0. The molecule has 0 aliphatic carbocycles. The van der Waals surface area contributed by atoms with Gasteiger partial charge < -0.3 is 15.5 Å². The molecule has 0 aromatic heterocycles. The molecule has 5 nitrogen and oxygen atoms in total. The minimum absolute atomic E-state index is 0.368. The lowest BCUT2D eigenvalue weighted by atomic mass is 10.1. The Kier molecular flexibility index (Phi) is 4.93. The molecular weight excluding hydrogens is 282 g/mol. The quantitative estimate of drug-likeness (QED) is 0.433. The number of carboxylic acid groups (broad SMARTS) is 1. The molecule has 0 atom stereocenters. The number of aliphatic hydroxyl groups is 1. The highest BCUT2D eigenvalue weighted by molar-refractivity contribution is 6.38. The van der Waals surface area contributed by atoms with Crippen LogP contribution in [0.25, 0.3) is 5.76 Å². The third-order valence-corrected chi connectivity index (χ3v) is 2.98. The zero-order chi connectivity index (χ0) is 15.9. The van der Waals surface area contributed by atoms with Gasteiger partial charge in [-0.25, -0.2) is 4.79 Å². The predicted molar refractivity (Wildman–Crippen MR) is 83.5 cm³/mol. The van der Waals surface area contributed by atoms with Crippen molar-refractivity contribution in [2.75, 3.05) is 5.32 Å². The number of nitrogens with one attached hydrogen (secondary N) is 1. The second-order valence-corrected chi connectivity index (χ2v) is 4.62. The summed E-state index contributed by atoms with van der Waals surface area (Å²) < 4.78 is 0. The van der Waals surface area contributed by atoms with Crippen molar-refractivity contribution in [1.29, 1.82) is 0 Å². The number of hydrogen-bond donors (Lipinski definition) is 3. The van der Waals surface area contributed by atoms with Gasteiger partial charge in [0, 0.05) is 23.9 Å². The molecular formula is C17H15NO4. The third kappa shape index (κ3) is 4.21. The van der Waals surface area contributed by atoms with Gasteiger partial charge in [0.25, 0.3) is 5.78 Å². The number of carbonyl (C=O) groups excluding carboxylic acids is 1. The molecule has 2 rings (SSSR count).